The van der Waals surface area contributed by atoms with Gasteiger partial charge in [0, 0.05) is 11.8 Å². The molecular formula is C33H31F4O4S+. The van der Waals surface area contributed by atoms with Gasteiger partial charge in [-0.25, -0.2) is 4.79 Å². The van der Waals surface area contributed by atoms with E-state index >= 15 is 0 Å². The molecule has 4 aliphatic carbocycles. The molecule has 1 saturated heterocycles. The second kappa shape index (κ2) is 10.1. The monoisotopic (exact) mass is 599 g/mol. The minimum absolute atomic E-state index is 0.193. The van der Waals surface area contributed by atoms with Crippen LogP contribution in [0.3, 0.4) is 0 Å². The van der Waals surface area contributed by atoms with E-state index in [-0.39, 0.29) is 16.8 Å². The maximum Gasteiger partial charge on any atom is 0.338 e. The minimum atomic E-state index is -4.30. The lowest BCUT2D eigenvalue weighted by Crippen LogP contribution is -2.66. The first-order valence-electron chi connectivity index (χ1n) is 14.3. The fraction of sp³-hybridized carbons (Fsp3) is 0.424. The number of hydrogen-bond donors (Lipinski definition) is 0. The van der Waals surface area contributed by atoms with E-state index in [1.165, 1.54) is 9.79 Å². The summed E-state index contributed by atoms with van der Waals surface area (Å²) in [6, 6.07) is 27.9. The third-order valence-corrected chi connectivity index (χ3v) is 11.6. The molecule has 0 aromatic heterocycles. The Morgan fingerprint density at radius 2 is 1.17 bits per heavy atom. The molecule has 3 aromatic carbocycles. The quantitative estimate of drug-likeness (QED) is 0.173. The lowest BCUT2D eigenvalue weighted by Gasteiger charge is -2.62. The zero-order chi connectivity index (χ0) is 29.2. The first-order chi connectivity index (χ1) is 20.1. The second-order valence-electron chi connectivity index (χ2n) is 12.1. The van der Waals surface area contributed by atoms with E-state index in [0.29, 0.717) is 37.7 Å². The Bertz CT molecular complexity index is 1370. The number of rotatable bonds is 5. The van der Waals surface area contributed by atoms with E-state index in [2.05, 4.69) is 24.3 Å². The predicted octanol–water partition coefficient (Wildman–Crippen LogP) is 7.53. The van der Waals surface area contributed by atoms with Gasteiger partial charge in [-0.05, 0) is 86.6 Å². The number of halogens is 4. The number of carbonyl (C=O) groups is 1. The maximum atomic E-state index is 14.1. The van der Waals surface area contributed by atoms with Gasteiger partial charge in [0.1, 0.15) is 18.8 Å². The molecule has 1 heterocycles. The SMILES string of the molecule is O=C(OC12CC3CC(C1)C1(OCC(F)(F)C(F)(F)CO1)C(C3)C2)c1ccc([S+](c2ccccc2)c2ccccc2)cc1. The van der Waals surface area contributed by atoms with Crippen LogP contribution in [0.25, 0.3) is 0 Å². The summed E-state index contributed by atoms with van der Waals surface area (Å²) >= 11 is 0. The number of benzene rings is 3. The van der Waals surface area contributed by atoms with Gasteiger partial charge in [-0.2, -0.15) is 17.6 Å². The van der Waals surface area contributed by atoms with Crippen LogP contribution in [0.5, 0.6) is 0 Å². The average Bonchev–Trinajstić information content (AvgIpc) is 3.07. The summed E-state index contributed by atoms with van der Waals surface area (Å²) in [6.07, 6.45) is 2.57. The number of ether oxygens (including phenoxy) is 3. The summed E-state index contributed by atoms with van der Waals surface area (Å²) in [5.74, 6) is -11.2. The summed E-state index contributed by atoms with van der Waals surface area (Å²) < 4.78 is 73.8. The summed E-state index contributed by atoms with van der Waals surface area (Å²) in [6.45, 7) is -2.77. The highest BCUT2D eigenvalue weighted by atomic mass is 32.2. The minimum Gasteiger partial charge on any atom is -0.455 e. The molecule has 42 heavy (non-hydrogen) atoms. The molecule has 5 fully saturated rings. The van der Waals surface area contributed by atoms with E-state index < -0.39 is 54.3 Å². The van der Waals surface area contributed by atoms with Crippen LogP contribution in [0.1, 0.15) is 42.5 Å². The molecule has 2 unspecified atom stereocenters. The molecule has 3 aromatic rings. The van der Waals surface area contributed by atoms with E-state index in [9.17, 15) is 22.4 Å². The topological polar surface area (TPSA) is 44.8 Å². The number of carbonyl (C=O) groups excluding carboxylic acids is 1. The Morgan fingerprint density at radius 3 is 1.67 bits per heavy atom. The van der Waals surface area contributed by atoms with Crippen molar-refractivity contribution in [2.75, 3.05) is 13.2 Å². The van der Waals surface area contributed by atoms with Gasteiger partial charge in [0.2, 0.25) is 0 Å². The fourth-order valence-corrected chi connectivity index (χ4v) is 9.70. The van der Waals surface area contributed by atoms with Crippen molar-refractivity contribution in [1.82, 2.24) is 0 Å². The highest BCUT2D eigenvalue weighted by Crippen LogP contribution is 2.63. The Hall–Kier alpha value is -2.88. The van der Waals surface area contributed by atoms with Crippen LogP contribution in [-0.2, 0) is 25.1 Å². The Kier molecular flexibility index (Phi) is 6.71. The highest BCUT2D eigenvalue weighted by molar-refractivity contribution is 7.97. The summed E-state index contributed by atoms with van der Waals surface area (Å²) in [5, 5.41) is 0. The molecule has 4 nitrogen and oxygen atoms in total. The lowest BCUT2D eigenvalue weighted by molar-refractivity contribution is -0.353. The fourth-order valence-electron chi connectivity index (χ4n) is 7.62. The van der Waals surface area contributed by atoms with Gasteiger partial charge in [0.15, 0.2) is 20.5 Å². The zero-order valence-corrected chi connectivity index (χ0v) is 23.6. The molecule has 0 N–H and O–H groups in total. The third-order valence-electron chi connectivity index (χ3n) is 9.36. The molecule has 8 rings (SSSR count). The summed E-state index contributed by atoms with van der Waals surface area (Å²) in [5.41, 5.74) is -0.366. The van der Waals surface area contributed by atoms with Crippen molar-refractivity contribution in [2.45, 2.75) is 70.0 Å². The third kappa shape index (κ3) is 4.64. The smallest absolute Gasteiger partial charge is 0.338 e. The van der Waals surface area contributed by atoms with E-state index in [4.69, 9.17) is 14.2 Å². The van der Waals surface area contributed by atoms with Crippen LogP contribution in [0.4, 0.5) is 17.6 Å². The van der Waals surface area contributed by atoms with Crippen molar-refractivity contribution in [2.24, 2.45) is 17.8 Å². The van der Waals surface area contributed by atoms with Crippen molar-refractivity contribution in [3.05, 3.63) is 90.5 Å². The Morgan fingerprint density at radius 1 is 0.690 bits per heavy atom. The molecule has 1 spiro atoms. The number of alkyl halides is 4. The molecule has 0 amide bonds. The van der Waals surface area contributed by atoms with Gasteiger partial charge >= 0.3 is 17.8 Å². The van der Waals surface area contributed by atoms with E-state index in [1.807, 2.05) is 48.5 Å². The van der Waals surface area contributed by atoms with Crippen LogP contribution in [-0.4, -0.2) is 42.4 Å². The lowest BCUT2D eigenvalue weighted by atomic mass is 9.51. The van der Waals surface area contributed by atoms with Crippen LogP contribution in [0, 0.1) is 17.8 Å². The number of hydrogen-bond acceptors (Lipinski definition) is 4. The Labute approximate surface area is 244 Å². The summed E-state index contributed by atoms with van der Waals surface area (Å²) in [4.78, 5) is 16.9. The predicted molar refractivity (Wildman–Crippen MR) is 148 cm³/mol. The molecule has 0 radical (unpaired) electrons. The van der Waals surface area contributed by atoms with E-state index in [1.54, 1.807) is 12.1 Å². The van der Waals surface area contributed by atoms with Crippen LogP contribution >= 0.6 is 0 Å². The van der Waals surface area contributed by atoms with Gasteiger partial charge in [0.25, 0.3) is 0 Å². The van der Waals surface area contributed by atoms with Crippen molar-refractivity contribution in [3.63, 3.8) is 0 Å². The van der Waals surface area contributed by atoms with Gasteiger partial charge in [0.05, 0.1) is 16.5 Å². The molecule has 5 aliphatic rings. The Balaban J connectivity index is 1.10. The molecule has 1 aliphatic heterocycles. The number of esters is 1. The maximum absolute atomic E-state index is 14.1. The van der Waals surface area contributed by atoms with Gasteiger partial charge in [-0.3, -0.25) is 0 Å². The molecule has 9 heteroatoms. The normalized spacial score (nSPS) is 30.3. The molecule has 220 valence electrons. The molecule has 4 bridgehead atoms. The van der Waals surface area contributed by atoms with Crippen molar-refractivity contribution >= 4 is 16.9 Å². The standard InChI is InChI=1S/C33H31F4O4S/c34-31(35)20-39-33(40-21-32(31,36)37)24-15-22-16-25(33)19-30(17-22,18-24)41-29(38)23-11-13-28(14-12-23)42(26-7-3-1-4-8-26)27-9-5-2-6-10-27/h1-14,22,24-25H,15-21H2/q+1. The van der Waals surface area contributed by atoms with Crippen LogP contribution in [0.2, 0.25) is 0 Å². The molecular weight excluding hydrogens is 568 g/mol. The van der Waals surface area contributed by atoms with Gasteiger partial charge in [-0.1, -0.05) is 36.4 Å². The average molecular weight is 600 g/mol. The van der Waals surface area contributed by atoms with Crippen molar-refractivity contribution in [3.8, 4) is 0 Å². The van der Waals surface area contributed by atoms with Gasteiger partial charge < -0.3 is 14.2 Å². The van der Waals surface area contributed by atoms with E-state index in [0.717, 1.165) is 4.90 Å². The second-order valence-corrected chi connectivity index (χ2v) is 14.1. The van der Waals surface area contributed by atoms with Crippen molar-refractivity contribution < 1.29 is 36.6 Å². The summed E-state index contributed by atoms with van der Waals surface area (Å²) in [7, 11) is -0.353. The van der Waals surface area contributed by atoms with Crippen LogP contribution < -0.4 is 0 Å². The first-order valence-corrected chi connectivity index (χ1v) is 15.5. The van der Waals surface area contributed by atoms with Crippen molar-refractivity contribution in [1.29, 1.82) is 0 Å². The zero-order valence-electron chi connectivity index (χ0n) is 22.8. The molecule has 4 saturated carbocycles. The van der Waals surface area contributed by atoms with Gasteiger partial charge in [-0.15, -0.1) is 0 Å². The van der Waals surface area contributed by atoms with Crippen LogP contribution in [0.15, 0.2) is 99.6 Å². The highest BCUT2D eigenvalue weighted by Gasteiger charge is 2.69. The molecule has 2 atom stereocenters. The first kappa shape index (κ1) is 27.9. The largest absolute Gasteiger partial charge is 0.455 e.